The van der Waals surface area contributed by atoms with Gasteiger partial charge in [-0.1, -0.05) is 48.0 Å². The van der Waals surface area contributed by atoms with Gasteiger partial charge in [0.15, 0.2) is 0 Å². The van der Waals surface area contributed by atoms with E-state index in [1.54, 1.807) is 13.0 Å². The Balaban J connectivity index is 2.26. The number of carbonyl (C=O) groups is 1. The molecule has 1 N–H and O–H groups in total. The second-order valence-electron chi connectivity index (χ2n) is 4.26. The van der Waals surface area contributed by atoms with E-state index >= 15 is 0 Å². The molecule has 2 rings (SSSR count). The molecule has 0 saturated carbocycles. The van der Waals surface area contributed by atoms with Crippen molar-refractivity contribution in [1.29, 1.82) is 0 Å². The van der Waals surface area contributed by atoms with Crippen molar-refractivity contribution < 1.29 is 9.90 Å². The molecule has 0 unspecified atom stereocenters. The number of hydrogen-bond acceptors (Lipinski definition) is 1. The van der Waals surface area contributed by atoms with Gasteiger partial charge in [-0.25, -0.2) is 4.79 Å². The zero-order valence-corrected chi connectivity index (χ0v) is 11.2. The highest BCUT2D eigenvalue weighted by Crippen LogP contribution is 2.22. The normalized spacial score (nSPS) is 11.4. The number of benzene rings is 2. The predicted molar refractivity (Wildman–Crippen MR) is 78.2 cm³/mol. The molecule has 0 fully saturated rings. The van der Waals surface area contributed by atoms with E-state index in [0.717, 1.165) is 16.7 Å². The Morgan fingerprint density at radius 1 is 1.00 bits per heavy atom. The first-order valence-corrected chi connectivity index (χ1v) is 6.21. The van der Waals surface area contributed by atoms with Crippen LogP contribution < -0.4 is 0 Å². The lowest BCUT2D eigenvalue weighted by Crippen LogP contribution is -1.95. The summed E-state index contributed by atoms with van der Waals surface area (Å²) in [5.74, 6) is -0.901. The first kappa shape index (κ1) is 13.4. The maximum absolute atomic E-state index is 10.7. The third-order valence-corrected chi connectivity index (χ3v) is 3.06. The van der Waals surface area contributed by atoms with E-state index in [4.69, 9.17) is 16.7 Å². The quantitative estimate of drug-likeness (QED) is 0.836. The van der Waals surface area contributed by atoms with Crippen LogP contribution in [-0.2, 0) is 4.79 Å². The SMILES string of the molecule is CC(=Cc1ccc(-c2ccc(Cl)cc2)cc1)C(=O)O. The fourth-order valence-electron chi connectivity index (χ4n) is 1.73. The van der Waals surface area contributed by atoms with Crippen LogP contribution in [0.15, 0.2) is 54.1 Å². The monoisotopic (exact) mass is 272 g/mol. The van der Waals surface area contributed by atoms with Gasteiger partial charge in [-0.15, -0.1) is 0 Å². The molecule has 2 aromatic carbocycles. The second-order valence-corrected chi connectivity index (χ2v) is 4.70. The second kappa shape index (κ2) is 5.72. The number of carboxylic acids is 1. The molecule has 0 saturated heterocycles. The van der Waals surface area contributed by atoms with Gasteiger partial charge in [0.1, 0.15) is 0 Å². The van der Waals surface area contributed by atoms with E-state index < -0.39 is 5.97 Å². The highest BCUT2D eigenvalue weighted by Gasteiger charge is 2.01. The Labute approximate surface area is 117 Å². The van der Waals surface area contributed by atoms with Gasteiger partial charge in [0.05, 0.1) is 0 Å². The average Bonchev–Trinajstić information content (AvgIpc) is 2.40. The largest absolute Gasteiger partial charge is 0.478 e. The highest BCUT2D eigenvalue weighted by molar-refractivity contribution is 6.30. The summed E-state index contributed by atoms with van der Waals surface area (Å²) in [6, 6.07) is 15.3. The van der Waals surface area contributed by atoms with Crippen LogP contribution in [0.4, 0.5) is 0 Å². The minimum absolute atomic E-state index is 0.319. The van der Waals surface area contributed by atoms with Crippen LogP contribution in [0.2, 0.25) is 5.02 Å². The molecular weight excluding hydrogens is 260 g/mol. The summed E-state index contributed by atoms with van der Waals surface area (Å²) in [5.41, 5.74) is 3.34. The van der Waals surface area contributed by atoms with E-state index in [0.29, 0.717) is 10.6 Å². The molecule has 19 heavy (non-hydrogen) atoms. The molecule has 0 atom stereocenters. The van der Waals surface area contributed by atoms with E-state index in [9.17, 15) is 4.79 Å². The number of carboxylic acid groups (broad SMARTS) is 1. The van der Waals surface area contributed by atoms with Crippen LogP contribution in [0.25, 0.3) is 17.2 Å². The Hall–Kier alpha value is -2.06. The molecule has 0 bridgehead atoms. The fraction of sp³-hybridized carbons (Fsp3) is 0.0625. The lowest BCUT2D eigenvalue weighted by Gasteiger charge is -2.03. The van der Waals surface area contributed by atoms with Gasteiger partial charge in [-0.2, -0.15) is 0 Å². The maximum atomic E-state index is 10.7. The highest BCUT2D eigenvalue weighted by atomic mass is 35.5. The molecule has 0 aromatic heterocycles. The summed E-state index contributed by atoms with van der Waals surface area (Å²) in [6.07, 6.45) is 1.65. The molecule has 3 heteroatoms. The third-order valence-electron chi connectivity index (χ3n) is 2.81. The average molecular weight is 273 g/mol. The number of aliphatic carboxylic acids is 1. The molecule has 0 spiro atoms. The van der Waals surface area contributed by atoms with Crippen molar-refractivity contribution in [1.82, 2.24) is 0 Å². The molecule has 2 aromatic rings. The van der Waals surface area contributed by atoms with Gasteiger partial charge >= 0.3 is 5.97 Å². The van der Waals surface area contributed by atoms with Gasteiger partial charge in [-0.3, -0.25) is 0 Å². The first-order valence-electron chi connectivity index (χ1n) is 5.84. The van der Waals surface area contributed by atoms with Crippen molar-refractivity contribution in [2.75, 3.05) is 0 Å². The molecular formula is C16H13ClO2. The summed E-state index contributed by atoms with van der Waals surface area (Å²) < 4.78 is 0. The molecule has 0 radical (unpaired) electrons. The molecule has 0 aliphatic rings. The van der Waals surface area contributed by atoms with Crippen LogP contribution >= 0.6 is 11.6 Å². The van der Waals surface area contributed by atoms with Crippen LogP contribution in [0.5, 0.6) is 0 Å². The smallest absolute Gasteiger partial charge is 0.331 e. The van der Waals surface area contributed by atoms with Crippen molar-refractivity contribution in [3.63, 3.8) is 0 Å². The minimum atomic E-state index is -0.901. The molecule has 0 heterocycles. The lowest BCUT2D eigenvalue weighted by molar-refractivity contribution is -0.132. The van der Waals surface area contributed by atoms with Crippen molar-refractivity contribution in [3.05, 3.63) is 64.7 Å². The lowest BCUT2D eigenvalue weighted by atomic mass is 10.0. The fourth-order valence-corrected chi connectivity index (χ4v) is 1.85. The molecule has 0 amide bonds. The Bertz CT molecular complexity index is 610. The molecule has 96 valence electrons. The first-order chi connectivity index (χ1) is 9.06. The number of rotatable bonds is 3. The summed E-state index contributed by atoms with van der Waals surface area (Å²) in [6.45, 7) is 1.58. The standard InChI is InChI=1S/C16H13ClO2/c1-11(16(18)19)10-12-2-4-13(5-3-12)14-6-8-15(17)9-7-14/h2-10H,1H3,(H,18,19). The van der Waals surface area contributed by atoms with Gasteiger partial charge in [0, 0.05) is 10.6 Å². The summed E-state index contributed by atoms with van der Waals surface area (Å²) >= 11 is 5.85. The van der Waals surface area contributed by atoms with Crippen LogP contribution in [0, 0.1) is 0 Å². The Morgan fingerprint density at radius 3 is 1.95 bits per heavy atom. The van der Waals surface area contributed by atoms with Crippen molar-refractivity contribution in [3.8, 4) is 11.1 Å². The summed E-state index contributed by atoms with van der Waals surface area (Å²) in [7, 11) is 0. The van der Waals surface area contributed by atoms with Crippen LogP contribution in [0.1, 0.15) is 12.5 Å². The van der Waals surface area contributed by atoms with E-state index in [1.807, 2.05) is 48.5 Å². The Morgan fingerprint density at radius 2 is 1.47 bits per heavy atom. The predicted octanol–water partition coefficient (Wildman–Crippen LogP) is 4.49. The van der Waals surface area contributed by atoms with E-state index in [2.05, 4.69) is 0 Å². The molecule has 0 aliphatic heterocycles. The van der Waals surface area contributed by atoms with Crippen LogP contribution in [-0.4, -0.2) is 11.1 Å². The summed E-state index contributed by atoms with van der Waals surface area (Å²) in [4.78, 5) is 10.7. The molecule has 0 aliphatic carbocycles. The summed E-state index contributed by atoms with van der Waals surface area (Å²) in [5, 5.41) is 9.53. The van der Waals surface area contributed by atoms with Crippen molar-refractivity contribution >= 4 is 23.6 Å². The van der Waals surface area contributed by atoms with Crippen LogP contribution in [0.3, 0.4) is 0 Å². The zero-order valence-electron chi connectivity index (χ0n) is 10.4. The minimum Gasteiger partial charge on any atom is -0.478 e. The van der Waals surface area contributed by atoms with Gasteiger partial charge in [0.2, 0.25) is 0 Å². The topological polar surface area (TPSA) is 37.3 Å². The van der Waals surface area contributed by atoms with Gasteiger partial charge < -0.3 is 5.11 Å². The number of hydrogen-bond donors (Lipinski definition) is 1. The van der Waals surface area contributed by atoms with Crippen molar-refractivity contribution in [2.24, 2.45) is 0 Å². The zero-order chi connectivity index (χ0) is 13.8. The molecule has 2 nitrogen and oxygen atoms in total. The van der Waals surface area contributed by atoms with E-state index in [-0.39, 0.29) is 0 Å². The third kappa shape index (κ3) is 3.46. The van der Waals surface area contributed by atoms with Gasteiger partial charge in [0.25, 0.3) is 0 Å². The van der Waals surface area contributed by atoms with E-state index in [1.165, 1.54) is 0 Å². The van der Waals surface area contributed by atoms with Crippen molar-refractivity contribution in [2.45, 2.75) is 6.92 Å². The Kier molecular flexibility index (Phi) is 4.03. The van der Waals surface area contributed by atoms with Gasteiger partial charge in [-0.05, 0) is 41.8 Å². The number of halogens is 1. The maximum Gasteiger partial charge on any atom is 0.331 e.